The Labute approximate surface area is 117 Å². The van der Waals surface area contributed by atoms with E-state index in [2.05, 4.69) is 5.32 Å². The fourth-order valence-corrected chi connectivity index (χ4v) is 2.58. The van der Waals surface area contributed by atoms with E-state index in [1.165, 1.54) is 0 Å². The number of nitrogens with one attached hydrogen (secondary N) is 1. The van der Waals surface area contributed by atoms with Gasteiger partial charge in [-0.3, -0.25) is 0 Å². The quantitative estimate of drug-likeness (QED) is 0.819. The van der Waals surface area contributed by atoms with Gasteiger partial charge in [0.25, 0.3) is 0 Å². The summed E-state index contributed by atoms with van der Waals surface area (Å²) >= 11 is 0. The highest BCUT2D eigenvalue weighted by molar-refractivity contribution is 5.42. The lowest BCUT2D eigenvalue weighted by molar-refractivity contribution is -0.135. The van der Waals surface area contributed by atoms with E-state index in [1.54, 1.807) is 0 Å². The van der Waals surface area contributed by atoms with Crippen LogP contribution in [0.15, 0.2) is 24.3 Å². The molecule has 2 nitrogen and oxygen atoms in total. The minimum Gasteiger partial charge on any atom is -0.486 e. The molecule has 0 aromatic heterocycles. The number of hydrogen-bond acceptors (Lipinski definition) is 2. The normalized spacial score (nSPS) is 20.6. The molecule has 0 spiro atoms. The summed E-state index contributed by atoms with van der Waals surface area (Å²) in [5.74, 6) is 0.852. The number of para-hydroxylation sites is 1. The van der Waals surface area contributed by atoms with Gasteiger partial charge in [-0.05, 0) is 39.3 Å². The third kappa shape index (κ3) is 3.66. The molecule has 0 saturated carbocycles. The molecular weight excluding hydrogens is 267 g/mol. The topological polar surface area (TPSA) is 21.3 Å². The molecule has 112 valence electrons. The molecule has 0 amide bonds. The highest BCUT2D eigenvalue weighted by atomic mass is 19.4. The lowest BCUT2D eigenvalue weighted by Crippen LogP contribution is -2.39. The number of benzene rings is 1. The van der Waals surface area contributed by atoms with E-state index in [9.17, 15) is 13.2 Å². The van der Waals surface area contributed by atoms with Crippen molar-refractivity contribution in [2.75, 3.05) is 6.54 Å². The van der Waals surface area contributed by atoms with Gasteiger partial charge in [0.1, 0.15) is 11.4 Å². The van der Waals surface area contributed by atoms with Crippen LogP contribution >= 0.6 is 0 Å². The maximum atomic E-state index is 12.1. The van der Waals surface area contributed by atoms with Crippen LogP contribution in [0, 0.1) is 0 Å². The Kier molecular flexibility index (Phi) is 4.28. The summed E-state index contributed by atoms with van der Waals surface area (Å²) in [5, 5.41) is 3.32. The molecule has 0 saturated heterocycles. The van der Waals surface area contributed by atoms with Crippen molar-refractivity contribution in [3.05, 3.63) is 29.8 Å². The number of alkyl halides is 3. The number of fused-ring (bicyclic) bond motifs is 1. The Bertz CT molecular complexity index is 457. The third-order valence-electron chi connectivity index (χ3n) is 3.53. The van der Waals surface area contributed by atoms with Gasteiger partial charge in [0, 0.05) is 12.0 Å². The summed E-state index contributed by atoms with van der Waals surface area (Å²) in [6, 6.07) is 7.80. The second kappa shape index (κ2) is 5.64. The minimum atomic E-state index is -4.05. The van der Waals surface area contributed by atoms with Crippen LogP contribution in [0.25, 0.3) is 0 Å². The molecule has 1 atom stereocenters. The summed E-state index contributed by atoms with van der Waals surface area (Å²) in [7, 11) is 0. The van der Waals surface area contributed by atoms with Gasteiger partial charge >= 0.3 is 6.18 Å². The second-order valence-corrected chi connectivity index (χ2v) is 5.70. The molecule has 0 aliphatic carbocycles. The second-order valence-electron chi connectivity index (χ2n) is 5.70. The van der Waals surface area contributed by atoms with Gasteiger partial charge in [0.15, 0.2) is 0 Å². The predicted octanol–water partition coefficient (Wildman–Crippen LogP) is 4.22. The summed E-state index contributed by atoms with van der Waals surface area (Å²) in [6.45, 7) is 4.53. The maximum Gasteiger partial charge on any atom is 0.389 e. The Hall–Kier alpha value is -1.23. The zero-order valence-corrected chi connectivity index (χ0v) is 11.8. The smallest absolute Gasteiger partial charge is 0.389 e. The molecular formula is C15H20F3NO. The molecule has 0 radical (unpaired) electrons. The van der Waals surface area contributed by atoms with Gasteiger partial charge in [-0.2, -0.15) is 13.2 Å². The van der Waals surface area contributed by atoms with E-state index >= 15 is 0 Å². The molecule has 1 aliphatic rings. The molecule has 1 heterocycles. The fourth-order valence-electron chi connectivity index (χ4n) is 2.58. The van der Waals surface area contributed by atoms with Gasteiger partial charge in [-0.15, -0.1) is 0 Å². The summed E-state index contributed by atoms with van der Waals surface area (Å²) in [5.41, 5.74) is 0.696. The first-order chi connectivity index (χ1) is 9.30. The number of halogens is 3. The first-order valence-corrected chi connectivity index (χ1v) is 6.88. The van der Waals surface area contributed by atoms with Gasteiger partial charge in [-0.25, -0.2) is 0 Å². The van der Waals surface area contributed by atoms with Crippen molar-refractivity contribution in [3.63, 3.8) is 0 Å². The molecule has 2 rings (SSSR count). The molecule has 1 unspecified atom stereocenters. The van der Waals surface area contributed by atoms with Crippen molar-refractivity contribution in [1.82, 2.24) is 5.32 Å². The number of unbranched alkanes of at least 4 members (excludes halogenated alkanes) is 1. The standard InChI is InChI=1S/C15H20F3NO/c1-14(2)13(11-7-3-4-8-12(11)20-14)19-10-6-5-9-15(16,17)18/h3-4,7-8,13,19H,5-6,9-10H2,1-2H3. The monoisotopic (exact) mass is 287 g/mol. The van der Waals surface area contributed by atoms with Gasteiger partial charge in [0.05, 0.1) is 6.04 Å². The molecule has 0 bridgehead atoms. The highest BCUT2D eigenvalue weighted by Crippen LogP contribution is 2.42. The molecule has 1 aromatic carbocycles. The van der Waals surface area contributed by atoms with Crippen LogP contribution < -0.4 is 10.1 Å². The average molecular weight is 287 g/mol. The number of rotatable bonds is 5. The van der Waals surface area contributed by atoms with E-state index in [-0.39, 0.29) is 18.1 Å². The first-order valence-electron chi connectivity index (χ1n) is 6.88. The molecule has 1 aromatic rings. The maximum absolute atomic E-state index is 12.1. The number of hydrogen-bond donors (Lipinski definition) is 1. The largest absolute Gasteiger partial charge is 0.486 e. The molecule has 5 heteroatoms. The lowest BCUT2D eigenvalue weighted by atomic mass is 9.94. The molecule has 20 heavy (non-hydrogen) atoms. The summed E-state index contributed by atoms with van der Waals surface area (Å²) in [4.78, 5) is 0. The van der Waals surface area contributed by atoms with Crippen LogP contribution in [0.3, 0.4) is 0 Å². The Morgan fingerprint density at radius 3 is 2.60 bits per heavy atom. The van der Waals surface area contributed by atoms with Crippen molar-refractivity contribution in [3.8, 4) is 5.75 Å². The zero-order chi connectivity index (χ0) is 14.8. The zero-order valence-electron chi connectivity index (χ0n) is 11.8. The Balaban J connectivity index is 1.86. The van der Waals surface area contributed by atoms with E-state index in [4.69, 9.17) is 4.74 Å². The van der Waals surface area contributed by atoms with Crippen LogP contribution in [0.4, 0.5) is 13.2 Å². The summed E-state index contributed by atoms with van der Waals surface area (Å²) < 4.78 is 42.1. The third-order valence-corrected chi connectivity index (χ3v) is 3.53. The van der Waals surface area contributed by atoms with E-state index in [0.29, 0.717) is 13.0 Å². The van der Waals surface area contributed by atoms with Crippen molar-refractivity contribution < 1.29 is 17.9 Å². The average Bonchev–Trinajstić information content (AvgIpc) is 2.58. The van der Waals surface area contributed by atoms with Gasteiger partial charge < -0.3 is 10.1 Å². The van der Waals surface area contributed by atoms with Crippen molar-refractivity contribution >= 4 is 0 Å². The Morgan fingerprint density at radius 2 is 1.90 bits per heavy atom. The highest BCUT2D eigenvalue weighted by Gasteiger charge is 2.40. The molecule has 1 aliphatic heterocycles. The van der Waals surface area contributed by atoms with Gasteiger partial charge in [0.2, 0.25) is 0 Å². The minimum absolute atomic E-state index is 0.0181. The van der Waals surface area contributed by atoms with Crippen LogP contribution in [-0.4, -0.2) is 18.3 Å². The molecule has 1 N–H and O–H groups in total. The van der Waals surface area contributed by atoms with Crippen LogP contribution in [0.2, 0.25) is 0 Å². The van der Waals surface area contributed by atoms with Crippen molar-refractivity contribution in [2.24, 2.45) is 0 Å². The van der Waals surface area contributed by atoms with Gasteiger partial charge in [-0.1, -0.05) is 18.2 Å². The molecule has 0 fully saturated rings. The van der Waals surface area contributed by atoms with E-state index in [0.717, 1.165) is 11.3 Å². The van der Waals surface area contributed by atoms with Crippen LogP contribution in [0.5, 0.6) is 5.75 Å². The summed E-state index contributed by atoms with van der Waals surface area (Å²) in [6.07, 6.45) is -4.10. The van der Waals surface area contributed by atoms with E-state index in [1.807, 2.05) is 38.1 Å². The number of ether oxygens (including phenoxy) is 1. The lowest BCUT2D eigenvalue weighted by Gasteiger charge is -2.27. The van der Waals surface area contributed by atoms with Crippen molar-refractivity contribution in [1.29, 1.82) is 0 Å². The van der Waals surface area contributed by atoms with Crippen LogP contribution in [-0.2, 0) is 0 Å². The van der Waals surface area contributed by atoms with E-state index < -0.39 is 12.6 Å². The fraction of sp³-hybridized carbons (Fsp3) is 0.600. The Morgan fingerprint density at radius 1 is 1.20 bits per heavy atom. The SMILES string of the molecule is CC1(C)Oc2ccccc2C1NCCCCC(F)(F)F. The predicted molar refractivity (Wildman–Crippen MR) is 71.8 cm³/mol. The van der Waals surface area contributed by atoms with Crippen molar-refractivity contribution in [2.45, 2.75) is 50.9 Å². The first kappa shape index (κ1) is 15.2. The van der Waals surface area contributed by atoms with Crippen LogP contribution in [0.1, 0.15) is 44.7 Å².